The van der Waals surface area contributed by atoms with Gasteiger partial charge >= 0.3 is 0 Å². The van der Waals surface area contributed by atoms with Crippen molar-refractivity contribution >= 4 is 5.69 Å². The predicted molar refractivity (Wildman–Crippen MR) is 49.5 cm³/mol. The molecule has 1 heterocycles. The number of hydrogen-bond acceptors (Lipinski definition) is 1. The molecule has 74 valence electrons. The Morgan fingerprint density at radius 2 is 2.08 bits per heavy atom. The first kappa shape index (κ1) is 10.0. The number of hydrogen-bond donors (Lipinski definition) is 0. The second-order valence-electron chi connectivity index (χ2n) is 3.28. The van der Waals surface area contributed by atoms with E-state index in [1.54, 1.807) is 10.8 Å². The van der Waals surface area contributed by atoms with Crippen LogP contribution in [0.25, 0.3) is 0 Å². The summed E-state index contributed by atoms with van der Waals surface area (Å²) in [4.78, 5) is 1.90. The van der Waals surface area contributed by atoms with Crippen molar-refractivity contribution in [2.24, 2.45) is 0 Å². The van der Waals surface area contributed by atoms with Gasteiger partial charge in [0.15, 0.2) is 0 Å². The lowest BCUT2D eigenvalue weighted by atomic mass is 10.4. The van der Waals surface area contributed by atoms with E-state index in [9.17, 15) is 8.78 Å². The Kier molecular flexibility index (Phi) is 2.90. The molecule has 0 aliphatic heterocycles. The van der Waals surface area contributed by atoms with Gasteiger partial charge in [-0.25, -0.2) is 8.78 Å². The maximum absolute atomic E-state index is 12.1. The summed E-state index contributed by atoms with van der Waals surface area (Å²) in [7, 11) is 3.78. The molecule has 0 bridgehead atoms. The summed E-state index contributed by atoms with van der Waals surface area (Å²) in [6.07, 6.45) is -0.553. The number of rotatable bonds is 3. The lowest BCUT2D eigenvalue weighted by Gasteiger charge is -2.08. The van der Waals surface area contributed by atoms with E-state index in [0.29, 0.717) is 0 Å². The van der Waals surface area contributed by atoms with Crippen molar-refractivity contribution in [3.63, 3.8) is 0 Å². The van der Waals surface area contributed by atoms with Crippen LogP contribution in [0.5, 0.6) is 0 Å². The van der Waals surface area contributed by atoms with Crippen LogP contribution in [0.15, 0.2) is 12.3 Å². The van der Waals surface area contributed by atoms with Crippen molar-refractivity contribution < 1.29 is 8.78 Å². The van der Waals surface area contributed by atoms with Crippen molar-refractivity contribution in [2.75, 3.05) is 19.0 Å². The Morgan fingerprint density at radius 3 is 2.46 bits per heavy atom. The number of anilines is 1. The summed E-state index contributed by atoms with van der Waals surface area (Å²) in [5.74, 6) is 0. The molecule has 0 amide bonds. The maximum atomic E-state index is 12.1. The fourth-order valence-corrected chi connectivity index (χ4v) is 1.19. The molecule has 0 saturated carbocycles. The van der Waals surface area contributed by atoms with Gasteiger partial charge in [-0.15, -0.1) is 0 Å². The van der Waals surface area contributed by atoms with Crippen molar-refractivity contribution in [1.29, 1.82) is 0 Å². The fourth-order valence-electron chi connectivity index (χ4n) is 1.19. The first-order chi connectivity index (χ1) is 6.00. The third-order valence-corrected chi connectivity index (χ3v) is 1.95. The average molecular weight is 188 g/mol. The van der Waals surface area contributed by atoms with Gasteiger partial charge in [-0.1, -0.05) is 0 Å². The van der Waals surface area contributed by atoms with Crippen molar-refractivity contribution in [2.45, 2.75) is 19.9 Å². The van der Waals surface area contributed by atoms with E-state index >= 15 is 0 Å². The van der Waals surface area contributed by atoms with Crippen LogP contribution in [0.3, 0.4) is 0 Å². The Hall–Kier alpha value is -1.06. The molecule has 1 aromatic rings. The smallest absolute Gasteiger partial charge is 0.256 e. The zero-order valence-electron chi connectivity index (χ0n) is 8.09. The Morgan fingerprint density at radius 1 is 1.46 bits per heavy atom. The highest BCUT2D eigenvalue weighted by Crippen LogP contribution is 2.16. The normalized spacial score (nSPS) is 10.9. The van der Waals surface area contributed by atoms with Crippen LogP contribution >= 0.6 is 0 Å². The highest BCUT2D eigenvalue weighted by molar-refractivity contribution is 5.45. The Balaban J connectivity index is 2.83. The van der Waals surface area contributed by atoms with Crippen LogP contribution in [0.4, 0.5) is 14.5 Å². The Labute approximate surface area is 76.8 Å². The summed E-state index contributed by atoms with van der Waals surface area (Å²) < 4.78 is 25.7. The second-order valence-corrected chi connectivity index (χ2v) is 3.28. The molecule has 0 N–H and O–H groups in total. The molecule has 0 aliphatic carbocycles. The fraction of sp³-hybridized carbons (Fsp3) is 0.556. The van der Waals surface area contributed by atoms with Crippen LogP contribution in [0.2, 0.25) is 0 Å². The van der Waals surface area contributed by atoms with Crippen molar-refractivity contribution in [3.8, 4) is 0 Å². The van der Waals surface area contributed by atoms with E-state index in [0.717, 1.165) is 11.4 Å². The minimum absolute atomic E-state index is 0.223. The summed E-state index contributed by atoms with van der Waals surface area (Å²) in [6.45, 7) is 1.61. The van der Waals surface area contributed by atoms with Gasteiger partial charge in [0.2, 0.25) is 0 Å². The molecule has 0 fully saturated rings. The second kappa shape index (κ2) is 3.77. The zero-order valence-corrected chi connectivity index (χ0v) is 8.09. The zero-order chi connectivity index (χ0) is 10.0. The summed E-state index contributed by atoms with van der Waals surface area (Å²) >= 11 is 0. The molecular formula is C9H14F2N2. The molecular weight excluding hydrogens is 174 g/mol. The van der Waals surface area contributed by atoms with Gasteiger partial charge in [0.1, 0.15) is 0 Å². The minimum atomic E-state index is -2.29. The van der Waals surface area contributed by atoms with Crippen LogP contribution in [-0.2, 0) is 6.54 Å². The van der Waals surface area contributed by atoms with Crippen LogP contribution < -0.4 is 4.90 Å². The number of aromatic nitrogens is 1. The maximum Gasteiger partial charge on any atom is 0.256 e. The molecule has 0 unspecified atom stereocenters. The molecule has 0 aromatic carbocycles. The lowest BCUT2D eigenvalue weighted by Crippen LogP contribution is -2.08. The first-order valence-corrected chi connectivity index (χ1v) is 4.13. The van der Waals surface area contributed by atoms with Gasteiger partial charge in [0, 0.05) is 26.0 Å². The molecule has 0 radical (unpaired) electrons. The van der Waals surface area contributed by atoms with Crippen LogP contribution in [-0.4, -0.2) is 25.1 Å². The SMILES string of the molecule is Cc1cc(N(C)C)cn1CC(F)F. The third-order valence-electron chi connectivity index (χ3n) is 1.95. The monoisotopic (exact) mass is 188 g/mol. The van der Waals surface area contributed by atoms with Crippen molar-refractivity contribution in [3.05, 3.63) is 18.0 Å². The molecule has 4 heteroatoms. The summed E-state index contributed by atoms with van der Waals surface area (Å²) in [5, 5.41) is 0. The highest BCUT2D eigenvalue weighted by atomic mass is 19.3. The minimum Gasteiger partial charge on any atom is -0.376 e. The molecule has 2 nitrogen and oxygen atoms in total. The van der Waals surface area contributed by atoms with Crippen molar-refractivity contribution in [1.82, 2.24) is 4.57 Å². The summed E-state index contributed by atoms with van der Waals surface area (Å²) in [5.41, 5.74) is 1.82. The lowest BCUT2D eigenvalue weighted by molar-refractivity contribution is 0.126. The molecule has 1 aromatic heterocycles. The van der Waals surface area contributed by atoms with E-state index < -0.39 is 6.43 Å². The molecule has 0 atom stereocenters. The summed E-state index contributed by atoms with van der Waals surface area (Å²) in [6, 6.07) is 1.89. The quantitative estimate of drug-likeness (QED) is 0.705. The van der Waals surface area contributed by atoms with E-state index in [1.165, 1.54) is 0 Å². The molecule has 1 rings (SSSR count). The number of halogens is 2. The van der Waals surface area contributed by atoms with E-state index in [4.69, 9.17) is 0 Å². The molecule has 0 aliphatic rings. The molecule has 0 saturated heterocycles. The molecule has 0 spiro atoms. The van der Waals surface area contributed by atoms with E-state index in [2.05, 4.69) is 0 Å². The van der Waals surface area contributed by atoms with Gasteiger partial charge in [0.05, 0.1) is 12.2 Å². The van der Waals surface area contributed by atoms with Crippen LogP contribution in [0.1, 0.15) is 5.69 Å². The average Bonchev–Trinajstić information content (AvgIpc) is 2.31. The number of alkyl halides is 2. The Bertz CT molecular complexity index is 279. The number of nitrogens with zero attached hydrogens (tertiary/aromatic N) is 2. The first-order valence-electron chi connectivity index (χ1n) is 4.13. The highest BCUT2D eigenvalue weighted by Gasteiger charge is 2.08. The van der Waals surface area contributed by atoms with E-state index in [1.807, 2.05) is 32.0 Å². The molecule has 13 heavy (non-hydrogen) atoms. The standard InChI is InChI=1S/C9H14F2N2/c1-7-4-8(12(2)3)5-13(7)6-9(10)11/h4-5,9H,6H2,1-3H3. The van der Waals surface area contributed by atoms with Gasteiger partial charge in [-0.3, -0.25) is 0 Å². The van der Waals surface area contributed by atoms with Gasteiger partial charge in [-0.2, -0.15) is 0 Å². The predicted octanol–water partition coefficient (Wildman–Crippen LogP) is 2.13. The van der Waals surface area contributed by atoms with Gasteiger partial charge in [0.25, 0.3) is 6.43 Å². The largest absolute Gasteiger partial charge is 0.376 e. The third kappa shape index (κ3) is 2.44. The van der Waals surface area contributed by atoms with E-state index in [-0.39, 0.29) is 6.54 Å². The number of aryl methyl sites for hydroxylation is 1. The van der Waals surface area contributed by atoms with Gasteiger partial charge < -0.3 is 9.47 Å². The van der Waals surface area contributed by atoms with Gasteiger partial charge in [-0.05, 0) is 13.0 Å². The topological polar surface area (TPSA) is 8.17 Å². The van der Waals surface area contributed by atoms with Crippen LogP contribution in [0, 0.1) is 6.92 Å².